The van der Waals surface area contributed by atoms with Gasteiger partial charge < -0.3 is 10.2 Å². The lowest BCUT2D eigenvalue weighted by molar-refractivity contribution is -0.125. The lowest BCUT2D eigenvalue weighted by Gasteiger charge is -2.32. The Morgan fingerprint density at radius 1 is 1.24 bits per heavy atom. The van der Waals surface area contributed by atoms with Crippen LogP contribution < -0.4 is 10.2 Å². The second-order valence-electron chi connectivity index (χ2n) is 7.12. The average molecular weight is 362 g/mol. The first-order valence-electron chi connectivity index (χ1n) is 9.15. The number of hydrogen-bond donors (Lipinski definition) is 1. The summed E-state index contributed by atoms with van der Waals surface area (Å²) in [5.74, 6) is 0.207. The van der Waals surface area contributed by atoms with E-state index in [1.165, 1.54) is 11.3 Å². The SMILES string of the molecule is CC(C)C(=O)NC1CCN(CCCn2c(=O)sc3ccccc32)CC1. The van der Waals surface area contributed by atoms with Crippen LogP contribution in [0.25, 0.3) is 10.2 Å². The van der Waals surface area contributed by atoms with E-state index in [1.807, 2.05) is 42.7 Å². The number of nitrogens with zero attached hydrogens (tertiary/aromatic N) is 2. The van der Waals surface area contributed by atoms with Crippen LogP contribution in [-0.2, 0) is 11.3 Å². The molecular weight excluding hydrogens is 334 g/mol. The first kappa shape index (κ1) is 18.1. The lowest BCUT2D eigenvalue weighted by Crippen LogP contribution is -2.46. The number of aryl methyl sites for hydroxylation is 1. The summed E-state index contributed by atoms with van der Waals surface area (Å²) in [7, 11) is 0. The van der Waals surface area contributed by atoms with Crippen molar-refractivity contribution in [3.63, 3.8) is 0 Å². The predicted octanol–water partition coefficient (Wildman–Crippen LogP) is 2.69. The van der Waals surface area contributed by atoms with Crippen molar-refractivity contribution >= 4 is 27.5 Å². The second-order valence-corrected chi connectivity index (χ2v) is 8.11. The van der Waals surface area contributed by atoms with Crippen molar-refractivity contribution in [2.24, 2.45) is 5.92 Å². The molecule has 1 amide bonds. The van der Waals surface area contributed by atoms with Crippen molar-refractivity contribution in [1.29, 1.82) is 0 Å². The summed E-state index contributed by atoms with van der Waals surface area (Å²) in [5, 5.41) is 3.14. The molecule has 1 aromatic carbocycles. The number of hydrogen-bond acceptors (Lipinski definition) is 4. The molecule has 2 aromatic rings. The van der Waals surface area contributed by atoms with Crippen LogP contribution >= 0.6 is 11.3 Å². The third kappa shape index (κ3) is 4.50. The van der Waals surface area contributed by atoms with E-state index >= 15 is 0 Å². The minimum atomic E-state index is 0.0526. The highest BCUT2D eigenvalue weighted by atomic mass is 32.1. The number of aromatic nitrogens is 1. The first-order chi connectivity index (χ1) is 12.0. The molecule has 3 rings (SSSR count). The van der Waals surface area contributed by atoms with Gasteiger partial charge in [-0.15, -0.1) is 0 Å². The van der Waals surface area contributed by atoms with E-state index in [-0.39, 0.29) is 16.7 Å². The van der Waals surface area contributed by atoms with Crippen LogP contribution in [0.15, 0.2) is 29.1 Å². The number of amides is 1. The van der Waals surface area contributed by atoms with E-state index in [2.05, 4.69) is 10.2 Å². The van der Waals surface area contributed by atoms with Crippen molar-refractivity contribution in [3.05, 3.63) is 33.9 Å². The Morgan fingerprint density at radius 3 is 2.68 bits per heavy atom. The summed E-state index contributed by atoms with van der Waals surface area (Å²) in [5.41, 5.74) is 1.05. The zero-order chi connectivity index (χ0) is 17.8. The zero-order valence-corrected chi connectivity index (χ0v) is 15.8. The number of para-hydroxylation sites is 1. The molecule has 25 heavy (non-hydrogen) atoms. The molecule has 5 nitrogen and oxygen atoms in total. The summed E-state index contributed by atoms with van der Waals surface area (Å²) in [4.78, 5) is 26.5. The molecule has 1 aromatic heterocycles. The van der Waals surface area contributed by atoms with Gasteiger partial charge in [-0.05, 0) is 37.9 Å². The largest absolute Gasteiger partial charge is 0.353 e. The number of carbonyl (C=O) groups excluding carboxylic acids is 1. The van der Waals surface area contributed by atoms with Gasteiger partial charge in [-0.1, -0.05) is 37.3 Å². The molecule has 0 saturated carbocycles. The molecule has 1 N–H and O–H groups in total. The van der Waals surface area contributed by atoms with E-state index in [4.69, 9.17) is 0 Å². The minimum absolute atomic E-state index is 0.0526. The molecule has 1 fully saturated rings. The van der Waals surface area contributed by atoms with Gasteiger partial charge in [-0.3, -0.25) is 14.2 Å². The fourth-order valence-electron chi connectivity index (χ4n) is 3.35. The monoisotopic (exact) mass is 361 g/mol. The van der Waals surface area contributed by atoms with E-state index in [9.17, 15) is 9.59 Å². The molecule has 2 heterocycles. The fraction of sp³-hybridized carbons (Fsp3) is 0.579. The highest BCUT2D eigenvalue weighted by Crippen LogP contribution is 2.17. The van der Waals surface area contributed by atoms with Gasteiger partial charge in [0.1, 0.15) is 0 Å². The quantitative estimate of drug-likeness (QED) is 0.861. The molecule has 1 saturated heterocycles. The Morgan fingerprint density at radius 2 is 1.96 bits per heavy atom. The number of fused-ring (bicyclic) bond motifs is 1. The number of carbonyl (C=O) groups is 1. The predicted molar refractivity (Wildman–Crippen MR) is 103 cm³/mol. The van der Waals surface area contributed by atoms with Gasteiger partial charge in [0, 0.05) is 31.6 Å². The molecule has 0 aliphatic carbocycles. The highest BCUT2D eigenvalue weighted by Gasteiger charge is 2.21. The maximum atomic E-state index is 12.1. The Balaban J connectivity index is 1.45. The van der Waals surface area contributed by atoms with Crippen LogP contribution in [0.4, 0.5) is 0 Å². The molecule has 0 radical (unpaired) electrons. The summed E-state index contributed by atoms with van der Waals surface area (Å²) in [6.45, 7) is 7.67. The van der Waals surface area contributed by atoms with Gasteiger partial charge >= 0.3 is 4.87 Å². The van der Waals surface area contributed by atoms with Crippen molar-refractivity contribution in [1.82, 2.24) is 14.8 Å². The van der Waals surface area contributed by atoms with Crippen LogP contribution in [0.5, 0.6) is 0 Å². The Kier molecular flexibility index (Phi) is 5.91. The molecule has 6 heteroatoms. The second kappa shape index (κ2) is 8.15. The fourth-order valence-corrected chi connectivity index (χ4v) is 4.26. The highest BCUT2D eigenvalue weighted by molar-refractivity contribution is 7.16. The van der Waals surface area contributed by atoms with Crippen molar-refractivity contribution in [2.75, 3.05) is 19.6 Å². The molecule has 0 spiro atoms. The van der Waals surface area contributed by atoms with Gasteiger partial charge in [0.25, 0.3) is 0 Å². The van der Waals surface area contributed by atoms with Gasteiger partial charge in [0.2, 0.25) is 5.91 Å². The number of likely N-dealkylation sites (tertiary alicyclic amines) is 1. The van der Waals surface area contributed by atoms with E-state index in [0.717, 1.165) is 55.7 Å². The topological polar surface area (TPSA) is 54.3 Å². The zero-order valence-electron chi connectivity index (χ0n) is 15.0. The van der Waals surface area contributed by atoms with Crippen LogP contribution in [-0.4, -0.2) is 41.1 Å². The van der Waals surface area contributed by atoms with Crippen molar-refractivity contribution < 1.29 is 4.79 Å². The Labute approximate surface area is 152 Å². The molecule has 1 aliphatic rings. The molecule has 0 unspecified atom stereocenters. The number of rotatable bonds is 6. The number of piperidine rings is 1. The number of nitrogens with one attached hydrogen (secondary N) is 1. The van der Waals surface area contributed by atoms with E-state index in [0.29, 0.717) is 6.04 Å². The summed E-state index contributed by atoms with van der Waals surface area (Å²) >= 11 is 1.33. The van der Waals surface area contributed by atoms with Gasteiger partial charge in [-0.2, -0.15) is 0 Å². The van der Waals surface area contributed by atoms with E-state index < -0.39 is 0 Å². The third-order valence-electron chi connectivity index (χ3n) is 4.89. The van der Waals surface area contributed by atoms with E-state index in [1.54, 1.807) is 0 Å². The molecule has 0 bridgehead atoms. The standard InChI is InChI=1S/C19H27N3O2S/c1-14(2)18(23)20-15-8-12-21(13-9-15)10-5-11-22-16-6-3-4-7-17(16)25-19(22)24/h3-4,6-7,14-15H,5,8-13H2,1-2H3,(H,20,23). The smallest absolute Gasteiger partial charge is 0.308 e. The Hall–Kier alpha value is -1.66. The van der Waals surface area contributed by atoms with Gasteiger partial charge in [0.05, 0.1) is 10.2 Å². The van der Waals surface area contributed by atoms with Gasteiger partial charge in [-0.25, -0.2) is 0 Å². The molecule has 136 valence electrons. The van der Waals surface area contributed by atoms with Crippen LogP contribution in [0.2, 0.25) is 0 Å². The summed E-state index contributed by atoms with van der Waals surface area (Å²) < 4.78 is 2.96. The number of benzene rings is 1. The molecule has 1 aliphatic heterocycles. The number of thiazole rings is 1. The van der Waals surface area contributed by atoms with Crippen molar-refractivity contribution in [3.8, 4) is 0 Å². The molecular formula is C19H27N3O2S. The Bertz CT molecular complexity index is 772. The normalized spacial score (nSPS) is 16.6. The van der Waals surface area contributed by atoms with Crippen LogP contribution in [0.3, 0.4) is 0 Å². The minimum Gasteiger partial charge on any atom is -0.353 e. The first-order valence-corrected chi connectivity index (χ1v) is 9.97. The summed E-state index contributed by atoms with van der Waals surface area (Å²) in [6.07, 6.45) is 3.00. The van der Waals surface area contributed by atoms with Gasteiger partial charge in [0.15, 0.2) is 0 Å². The average Bonchev–Trinajstić information content (AvgIpc) is 2.92. The lowest BCUT2D eigenvalue weighted by atomic mass is 10.0. The van der Waals surface area contributed by atoms with Crippen LogP contribution in [0, 0.1) is 5.92 Å². The molecule has 0 atom stereocenters. The third-order valence-corrected chi connectivity index (χ3v) is 5.85. The van der Waals surface area contributed by atoms with Crippen molar-refractivity contribution in [2.45, 2.75) is 45.7 Å². The van der Waals surface area contributed by atoms with Crippen LogP contribution in [0.1, 0.15) is 33.1 Å². The maximum absolute atomic E-state index is 12.1. The summed E-state index contributed by atoms with van der Waals surface area (Å²) in [6, 6.07) is 8.31. The maximum Gasteiger partial charge on any atom is 0.308 e.